The normalized spacial score (nSPS) is 16.6. The summed E-state index contributed by atoms with van der Waals surface area (Å²) in [5, 5.41) is 11.4. The van der Waals surface area contributed by atoms with Crippen molar-refractivity contribution in [2.75, 3.05) is 0 Å². The second-order valence-corrected chi connectivity index (χ2v) is 7.62. The molecule has 0 bridgehead atoms. The summed E-state index contributed by atoms with van der Waals surface area (Å²) in [6.07, 6.45) is 0. The van der Waals surface area contributed by atoms with E-state index in [-0.39, 0.29) is 16.7 Å². The Bertz CT molecular complexity index is 1120. The smallest absolute Gasteiger partial charge is 0.345 e. The molecule has 0 saturated heterocycles. The van der Waals surface area contributed by atoms with Gasteiger partial charge in [-0.05, 0) is 28.7 Å². The van der Waals surface area contributed by atoms with E-state index < -0.39 is 11.7 Å². The maximum atomic E-state index is 12.6. The van der Waals surface area contributed by atoms with Gasteiger partial charge < -0.3 is 15.3 Å². The highest BCUT2D eigenvalue weighted by molar-refractivity contribution is 6.02. The Morgan fingerprint density at radius 1 is 1.15 bits per heavy atom. The van der Waals surface area contributed by atoms with E-state index in [1.54, 1.807) is 6.07 Å². The van der Waals surface area contributed by atoms with Crippen molar-refractivity contribution >= 4 is 16.8 Å². The van der Waals surface area contributed by atoms with Crippen molar-refractivity contribution in [2.45, 2.75) is 32.2 Å². The van der Waals surface area contributed by atoms with Gasteiger partial charge in [0, 0.05) is 5.56 Å². The van der Waals surface area contributed by atoms with Gasteiger partial charge in [0.1, 0.15) is 28.8 Å². The fourth-order valence-electron chi connectivity index (χ4n) is 3.38. The number of hydrogen-bond acceptors (Lipinski definition) is 5. The van der Waals surface area contributed by atoms with Gasteiger partial charge in [-0.3, -0.25) is 4.99 Å². The Hall–Kier alpha value is -3.08. The lowest BCUT2D eigenvalue weighted by atomic mass is 9.86. The third-order valence-corrected chi connectivity index (χ3v) is 4.85. The van der Waals surface area contributed by atoms with E-state index >= 15 is 0 Å². The molecule has 4 rings (SSSR count). The highest BCUT2D eigenvalue weighted by Gasteiger charge is 2.31. The molecule has 3 aromatic rings. The molecule has 1 aromatic heterocycles. The summed E-state index contributed by atoms with van der Waals surface area (Å²) in [5.41, 5.74) is 8.39. The van der Waals surface area contributed by atoms with Gasteiger partial charge in [0.15, 0.2) is 0 Å². The number of hydrogen-bond donors (Lipinski definition) is 2. The molecule has 2 aromatic carbocycles. The molecular formula is C21H20N2O3. The lowest BCUT2D eigenvalue weighted by Crippen LogP contribution is -2.13. The number of nitrogens with zero attached hydrogens (tertiary/aromatic N) is 1. The van der Waals surface area contributed by atoms with E-state index in [9.17, 15) is 9.90 Å². The van der Waals surface area contributed by atoms with Crippen LogP contribution in [0.4, 0.5) is 0 Å². The summed E-state index contributed by atoms with van der Waals surface area (Å²) in [6, 6.07) is 12.3. The number of nitrogens with two attached hydrogens (primary N) is 1. The molecule has 3 N–H and O–H groups in total. The molecule has 1 aliphatic heterocycles. The minimum atomic E-state index is -0.662. The first-order chi connectivity index (χ1) is 12.3. The third kappa shape index (κ3) is 2.39. The zero-order valence-corrected chi connectivity index (χ0v) is 14.9. The summed E-state index contributed by atoms with van der Waals surface area (Å²) in [4.78, 5) is 17.0. The number of benzene rings is 2. The lowest BCUT2D eigenvalue weighted by molar-refractivity contribution is 0.452. The van der Waals surface area contributed by atoms with Crippen LogP contribution in [0.15, 0.2) is 56.7 Å². The van der Waals surface area contributed by atoms with Gasteiger partial charge in [0.25, 0.3) is 0 Å². The summed E-state index contributed by atoms with van der Waals surface area (Å²) in [7, 11) is 0. The second-order valence-electron chi connectivity index (χ2n) is 7.62. The first-order valence-electron chi connectivity index (χ1n) is 8.50. The predicted molar refractivity (Wildman–Crippen MR) is 102 cm³/mol. The Morgan fingerprint density at radius 2 is 1.88 bits per heavy atom. The van der Waals surface area contributed by atoms with Crippen LogP contribution in [0.25, 0.3) is 11.0 Å². The number of fused-ring (bicyclic) bond motifs is 2. The van der Waals surface area contributed by atoms with Crippen molar-refractivity contribution in [1.82, 2.24) is 0 Å². The first kappa shape index (κ1) is 16.4. The molecule has 1 atom stereocenters. The van der Waals surface area contributed by atoms with E-state index in [1.165, 1.54) is 0 Å². The van der Waals surface area contributed by atoms with Crippen LogP contribution < -0.4 is 11.4 Å². The molecule has 0 aliphatic carbocycles. The van der Waals surface area contributed by atoms with E-state index in [4.69, 9.17) is 10.2 Å². The summed E-state index contributed by atoms with van der Waals surface area (Å²) in [5.74, 6) is 0.258. The molecule has 26 heavy (non-hydrogen) atoms. The maximum Gasteiger partial charge on any atom is 0.345 e. The van der Waals surface area contributed by atoms with Crippen LogP contribution in [0.2, 0.25) is 0 Å². The van der Waals surface area contributed by atoms with Crippen molar-refractivity contribution in [3.05, 3.63) is 75.1 Å². The summed E-state index contributed by atoms with van der Waals surface area (Å²) in [6.45, 7) is 6.26. The maximum absolute atomic E-state index is 12.6. The molecule has 0 saturated carbocycles. The van der Waals surface area contributed by atoms with Gasteiger partial charge in [-0.25, -0.2) is 4.79 Å². The van der Waals surface area contributed by atoms with Crippen LogP contribution >= 0.6 is 0 Å². The van der Waals surface area contributed by atoms with E-state index in [0.29, 0.717) is 16.8 Å². The van der Waals surface area contributed by atoms with Gasteiger partial charge in [-0.1, -0.05) is 51.1 Å². The van der Waals surface area contributed by atoms with Crippen LogP contribution in [0.3, 0.4) is 0 Å². The SMILES string of the molecule is CC(C)(C)c1ccc2oc(=O)c(C3N=C(N)c4ccccc43)c(O)c2c1. The van der Waals surface area contributed by atoms with Crippen LogP contribution in [-0.4, -0.2) is 10.9 Å². The Labute approximate surface area is 150 Å². The predicted octanol–water partition coefficient (Wildman–Crippen LogP) is 3.60. The number of aliphatic imine (C=N–C) groups is 1. The highest BCUT2D eigenvalue weighted by atomic mass is 16.4. The van der Waals surface area contributed by atoms with Gasteiger partial charge >= 0.3 is 5.63 Å². The van der Waals surface area contributed by atoms with E-state index in [1.807, 2.05) is 36.4 Å². The first-order valence-corrected chi connectivity index (χ1v) is 8.50. The Balaban J connectivity index is 1.98. The molecule has 1 unspecified atom stereocenters. The second kappa shape index (κ2) is 5.46. The van der Waals surface area contributed by atoms with Crippen molar-refractivity contribution < 1.29 is 9.52 Å². The minimum Gasteiger partial charge on any atom is -0.507 e. The molecule has 5 nitrogen and oxygen atoms in total. The number of rotatable bonds is 1. The molecule has 0 radical (unpaired) electrons. The molecule has 0 amide bonds. The highest BCUT2D eigenvalue weighted by Crippen LogP contribution is 2.40. The Kier molecular flexibility index (Phi) is 3.44. The van der Waals surface area contributed by atoms with Crippen molar-refractivity contribution in [3.8, 4) is 5.75 Å². The number of amidine groups is 1. The summed E-state index contributed by atoms with van der Waals surface area (Å²) < 4.78 is 5.48. The minimum absolute atomic E-state index is 0.0967. The van der Waals surface area contributed by atoms with Crippen molar-refractivity contribution in [3.63, 3.8) is 0 Å². The zero-order valence-electron chi connectivity index (χ0n) is 14.9. The third-order valence-electron chi connectivity index (χ3n) is 4.85. The fourth-order valence-corrected chi connectivity index (χ4v) is 3.38. The van der Waals surface area contributed by atoms with Gasteiger partial charge in [-0.15, -0.1) is 0 Å². The zero-order chi connectivity index (χ0) is 18.6. The van der Waals surface area contributed by atoms with Gasteiger partial charge in [0.05, 0.1) is 5.39 Å². The average molecular weight is 348 g/mol. The molecular weight excluding hydrogens is 328 g/mol. The van der Waals surface area contributed by atoms with Crippen LogP contribution in [-0.2, 0) is 5.41 Å². The number of aromatic hydroxyl groups is 1. The molecule has 5 heteroatoms. The molecule has 132 valence electrons. The molecule has 0 fully saturated rings. The molecule has 2 heterocycles. The Morgan fingerprint density at radius 3 is 2.62 bits per heavy atom. The largest absolute Gasteiger partial charge is 0.507 e. The van der Waals surface area contributed by atoms with E-state index in [0.717, 1.165) is 16.7 Å². The fraction of sp³-hybridized carbons (Fsp3) is 0.238. The average Bonchev–Trinajstić information content (AvgIpc) is 2.91. The lowest BCUT2D eigenvalue weighted by Gasteiger charge is -2.20. The van der Waals surface area contributed by atoms with Gasteiger partial charge in [0.2, 0.25) is 0 Å². The van der Waals surface area contributed by atoms with Crippen LogP contribution in [0.1, 0.15) is 49.1 Å². The van der Waals surface area contributed by atoms with Crippen LogP contribution in [0.5, 0.6) is 5.75 Å². The monoisotopic (exact) mass is 348 g/mol. The molecule has 0 spiro atoms. The molecule has 1 aliphatic rings. The van der Waals surface area contributed by atoms with Crippen molar-refractivity contribution in [2.24, 2.45) is 10.7 Å². The summed E-state index contributed by atoms with van der Waals surface area (Å²) >= 11 is 0. The van der Waals surface area contributed by atoms with Crippen molar-refractivity contribution in [1.29, 1.82) is 0 Å². The standard InChI is InChI=1S/C21H20N2O3/c1-21(2,3)11-8-9-15-14(10-11)18(24)16(20(25)26-15)17-12-6-4-5-7-13(12)19(22)23-17/h4-10,17,24H,1-3H3,(H2,22,23). The quantitative estimate of drug-likeness (QED) is 0.658. The van der Waals surface area contributed by atoms with Gasteiger partial charge in [-0.2, -0.15) is 0 Å². The topological polar surface area (TPSA) is 88.8 Å². The van der Waals surface area contributed by atoms with E-state index in [2.05, 4.69) is 25.8 Å². The van der Waals surface area contributed by atoms with Crippen LogP contribution in [0, 0.1) is 0 Å².